The molecule has 2 nitrogen and oxygen atoms in total. The maximum Gasteiger partial charge on any atom is 0.196 e. The summed E-state index contributed by atoms with van der Waals surface area (Å²) in [6.07, 6.45) is 5.67. The van der Waals surface area contributed by atoms with E-state index in [9.17, 15) is 9.59 Å². The van der Waals surface area contributed by atoms with Crippen molar-refractivity contribution in [2.24, 2.45) is 0 Å². The number of halogens is 1. The van der Waals surface area contributed by atoms with E-state index in [4.69, 9.17) is 0 Å². The highest BCUT2D eigenvalue weighted by Gasteiger charge is 2.39. The number of benzene rings is 2. The van der Waals surface area contributed by atoms with E-state index < -0.39 is 0 Å². The van der Waals surface area contributed by atoms with Gasteiger partial charge in [-0.3, -0.25) is 9.59 Å². The summed E-state index contributed by atoms with van der Waals surface area (Å²) < 4.78 is 15.1. The van der Waals surface area contributed by atoms with E-state index in [-0.39, 0.29) is 34.8 Å². The number of Topliss-reactive ketones (excluding diaryl/α,β-unsaturated/α-hetero) is 1. The second-order valence-electron chi connectivity index (χ2n) is 7.29. The zero-order valence-corrected chi connectivity index (χ0v) is 15.7. The smallest absolute Gasteiger partial charge is 0.196 e. The molecule has 0 bridgehead atoms. The summed E-state index contributed by atoms with van der Waals surface area (Å²) in [6.45, 7) is 5.60. The average molecular weight is 360 g/mol. The highest BCUT2D eigenvalue weighted by atomic mass is 19.1. The molecule has 136 valence electrons. The Kier molecular flexibility index (Phi) is 4.18. The van der Waals surface area contributed by atoms with Crippen molar-refractivity contribution in [3.63, 3.8) is 0 Å². The Morgan fingerprint density at radius 2 is 1.89 bits per heavy atom. The van der Waals surface area contributed by atoms with Crippen molar-refractivity contribution in [3.8, 4) is 0 Å². The Balaban J connectivity index is 2.02. The first-order valence-corrected chi connectivity index (χ1v) is 9.34. The third-order valence-corrected chi connectivity index (χ3v) is 5.66. The van der Waals surface area contributed by atoms with Crippen LogP contribution in [0.25, 0.3) is 0 Å². The number of fused-ring (bicyclic) bond motifs is 2. The number of ketones is 2. The van der Waals surface area contributed by atoms with Crippen molar-refractivity contribution in [1.82, 2.24) is 0 Å². The van der Waals surface area contributed by atoms with Crippen LogP contribution in [-0.4, -0.2) is 11.6 Å². The molecule has 2 atom stereocenters. The Labute approximate surface area is 158 Å². The summed E-state index contributed by atoms with van der Waals surface area (Å²) in [5, 5.41) is 0. The second kappa shape index (κ2) is 6.41. The van der Waals surface area contributed by atoms with Crippen molar-refractivity contribution >= 4 is 11.6 Å². The summed E-state index contributed by atoms with van der Waals surface area (Å²) in [6, 6.07) is 9.52. The Bertz CT molecular complexity index is 1040. The van der Waals surface area contributed by atoms with Crippen LogP contribution in [0.15, 0.2) is 54.1 Å². The molecule has 3 heteroatoms. The minimum atomic E-state index is -0.303. The molecule has 27 heavy (non-hydrogen) atoms. The minimum Gasteiger partial charge on any atom is -0.289 e. The van der Waals surface area contributed by atoms with E-state index in [0.717, 1.165) is 23.1 Å². The lowest BCUT2D eigenvalue weighted by molar-refractivity contribution is -0.111. The number of allylic oxidation sites excluding steroid dienone is 4. The topological polar surface area (TPSA) is 34.1 Å². The fourth-order valence-corrected chi connectivity index (χ4v) is 4.35. The molecule has 0 spiro atoms. The number of hydrogen-bond donors (Lipinski definition) is 0. The highest BCUT2D eigenvalue weighted by molar-refractivity contribution is 6.30. The van der Waals surface area contributed by atoms with Gasteiger partial charge in [0.2, 0.25) is 0 Å². The van der Waals surface area contributed by atoms with Crippen LogP contribution >= 0.6 is 0 Å². The van der Waals surface area contributed by atoms with E-state index in [1.807, 2.05) is 38.1 Å². The minimum absolute atomic E-state index is 0.135. The molecule has 4 rings (SSSR count). The van der Waals surface area contributed by atoms with Crippen molar-refractivity contribution in [2.75, 3.05) is 0 Å². The second-order valence-corrected chi connectivity index (χ2v) is 7.29. The van der Waals surface area contributed by atoms with Gasteiger partial charge in [0.05, 0.1) is 5.57 Å². The van der Waals surface area contributed by atoms with Crippen molar-refractivity contribution in [3.05, 3.63) is 93.3 Å². The summed E-state index contributed by atoms with van der Waals surface area (Å²) in [7, 11) is 0. The highest BCUT2D eigenvalue weighted by Crippen LogP contribution is 2.49. The fourth-order valence-electron chi connectivity index (χ4n) is 4.35. The monoisotopic (exact) mass is 360 g/mol. The van der Waals surface area contributed by atoms with Crippen molar-refractivity contribution < 1.29 is 14.0 Å². The molecule has 2 aliphatic rings. The lowest BCUT2D eigenvalue weighted by Crippen LogP contribution is -2.27. The molecule has 0 saturated heterocycles. The first-order valence-electron chi connectivity index (χ1n) is 9.34. The van der Waals surface area contributed by atoms with Gasteiger partial charge in [-0.05, 0) is 47.7 Å². The summed E-state index contributed by atoms with van der Waals surface area (Å²) in [4.78, 5) is 25.7. The van der Waals surface area contributed by atoms with Crippen LogP contribution in [-0.2, 0) is 4.79 Å². The standard InChI is InChI=1S/C24H21FO2/c1-4-5-10-20(26)18-12-17-16-9-7-6-8-15(16)14(3)21-22(17)19(24(18)27)11-13(2)23(21)25/h5-12,14,17H,4H2,1-3H3/b10-5+. The Morgan fingerprint density at radius 1 is 1.19 bits per heavy atom. The largest absolute Gasteiger partial charge is 0.289 e. The molecular formula is C24H21FO2. The number of rotatable bonds is 3. The van der Waals surface area contributed by atoms with Crippen LogP contribution in [0.2, 0.25) is 0 Å². The molecule has 0 saturated carbocycles. The molecular weight excluding hydrogens is 339 g/mol. The zero-order chi connectivity index (χ0) is 19.3. The first kappa shape index (κ1) is 17.6. The molecule has 0 heterocycles. The predicted molar refractivity (Wildman–Crippen MR) is 104 cm³/mol. The van der Waals surface area contributed by atoms with Gasteiger partial charge in [0.1, 0.15) is 5.82 Å². The normalized spacial score (nSPS) is 20.3. The molecule has 2 unspecified atom stereocenters. The van der Waals surface area contributed by atoms with Crippen molar-refractivity contribution in [1.29, 1.82) is 0 Å². The predicted octanol–water partition coefficient (Wildman–Crippen LogP) is 5.39. The van der Waals surface area contributed by atoms with Gasteiger partial charge in [0, 0.05) is 23.0 Å². The summed E-state index contributed by atoms with van der Waals surface area (Å²) >= 11 is 0. The van der Waals surface area contributed by atoms with E-state index in [1.165, 1.54) is 6.08 Å². The molecule has 2 aromatic rings. The maximum absolute atomic E-state index is 15.1. The van der Waals surface area contributed by atoms with Gasteiger partial charge in [-0.1, -0.05) is 50.3 Å². The maximum atomic E-state index is 15.1. The van der Waals surface area contributed by atoms with Crippen LogP contribution in [0.1, 0.15) is 70.3 Å². The molecule has 0 fully saturated rings. The van der Waals surface area contributed by atoms with Gasteiger partial charge in [-0.25, -0.2) is 4.39 Å². The van der Waals surface area contributed by atoms with Crippen LogP contribution in [0.5, 0.6) is 0 Å². The van der Waals surface area contributed by atoms with Crippen LogP contribution < -0.4 is 0 Å². The average Bonchev–Trinajstić information content (AvgIpc) is 2.67. The third-order valence-electron chi connectivity index (χ3n) is 5.66. The fraction of sp³-hybridized carbons (Fsp3) is 0.250. The summed E-state index contributed by atoms with van der Waals surface area (Å²) in [5.74, 6) is -1.24. The number of hydrogen-bond acceptors (Lipinski definition) is 2. The molecule has 0 radical (unpaired) electrons. The van der Waals surface area contributed by atoms with Crippen LogP contribution in [0.3, 0.4) is 0 Å². The first-order chi connectivity index (χ1) is 13.0. The van der Waals surface area contributed by atoms with Gasteiger partial charge in [0.15, 0.2) is 11.6 Å². The molecule has 2 aromatic carbocycles. The van der Waals surface area contributed by atoms with Gasteiger partial charge < -0.3 is 0 Å². The lowest BCUT2D eigenvalue weighted by atomic mass is 9.67. The SMILES string of the molecule is CC/C=C/C(=O)C1=CC2c3ccccc3C(C)c3c(F)c(C)cc(c32)C1=O. The third kappa shape index (κ3) is 2.53. The number of carbonyl (C=O) groups excluding carboxylic acids is 2. The van der Waals surface area contributed by atoms with E-state index in [0.29, 0.717) is 16.7 Å². The quantitative estimate of drug-likeness (QED) is 0.543. The molecule has 0 aliphatic heterocycles. The van der Waals surface area contributed by atoms with E-state index in [1.54, 1.807) is 25.1 Å². The summed E-state index contributed by atoms with van der Waals surface area (Å²) in [5.41, 5.74) is 4.50. The van der Waals surface area contributed by atoms with Crippen LogP contribution in [0, 0.1) is 12.7 Å². The van der Waals surface area contributed by atoms with Crippen LogP contribution in [0.4, 0.5) is 4.39 Å². The Hall–Kier alpha value is -2.81. The molecule has 0 N–H and O–H groups in total. The molecule has 0 aromatic heterocycles. The zero-order valence-electron chi connectivity index (χ0n) is 15.7. The Morgan fingerprint density at radius 3 is 2.59 bits per heavy atom. The van der Waals surface area contributed by atoms with Gasteiger partial charge in [-0.2, -0.15) is 0 Å². The molecule has 2 aliphatic carbocycles. The van der Waals surface area contributed by atoms with Gasteiger partial charge >= 0.3 is 0 Å². The molecule has 0 amide bonds. The van der Waals surface area contributed by atoms with Crippen molar-refractivity contribution in [2.45, 2.75) is 39.0 Å². The van der Waals surface area contributed by atoms with E-state index in [2.05, 4.69) is 0 Å². The van der Waals surface area contributed by atoms with E-state index >= 15 is 4.39 Å². The number of aryl methyl sites for hydroxylation is 1. The lowest BCUT2D eigenvalue weighted by Gasteiger charge is -2.36. The van der Waals surface area contributed by atoms with Gasteiger partial charge in [0.25, 0.3) is 0 Å². The van der Waals surface area contributed by atoms with Gasteiger partial charge in [-0.15, -0.1) is 0 Å². The number of carbonyl (C=O) groups is 2.